The lowest BCUT2D eigenvalue weighted by Crippen LogP contribution is -2.51. The Hall–Kier alpha value is -1.03. The summed E-state index contributed by atoms with van der Waals surface area (Å²) in [6, 6.07) is 5.19. The van der Waals surface area contributed by atoms with Gasteiger partial charge in [-0.1, -0.05) is 12.1 Å². The summed E-state index contributed by atoms with van der Waals surface area (Å²) < 4.78 is 36.3. The molecule has 1 aromatic carbocycles. The topological polar surface area (TPSA) is 27.6 Å². The van der Waals surface area contributed by atoms with Crippen LogP contribution in [-0.2, 0) is 12.6 Å². The molecule has 13 heavy (non-hydrogen) atoms. The molecule has 3 N–H and O–H groups in total. The van der Waals surface area contributed by atoms with Crippen LogP contribution in [0.5, 0.6) is 0 Å². The van der Waals surface area contributed by atoms with Crippen LogP contribution < -0.4 is 5.73 Å². The second kappa shape index (κ2) is 3.79. The van der Waals surface area contributed by atoms with E-state index in [2.05, 4.69) is 5.73 Å². The van der Waals surface area contributed by atoms with Gasteiger partial charge in [-0.25, -0.2) is 0 Å². The van der Waals surface area contributed by atoms with Crippen molar-refractivity contribution in [2.45, 2.75) is 12.6 Å². The smallest absolute Gasteiger partial charge is 0.357 e. The second-order valence-corrected chi connectivity index (χ2v) is 2.80. The van der Waals surface area contributed by atoms with Gasteiger partial charge in [0.25, 0.3) is 0 Å². The van der Waals surface area contributed by atoms with Crippen LogP contribution in [0, 0.1) is 0 Å². The first-order valence-electron chi connectivity index (χ1n) is 3.99. The molecule has 0 fully saturated rings. The summed E-state index contributed by atoms with van der Waals surface area (Å²) >= 11 is 0. The van der Waals surface area contributed by atoms with E-state index < -0.39 is 11.7 Å². The maximum Gasteiger partial charge on any atom is 0.416 e. The van der Waals surface area contributed by atoms with Crippen LogP contribution in [0.1, 0.15) is 11.1 Å². The minimum absolute atomic E-state index is 0.597. The Balaban J connectivity index is 2.81. The lowest BCUT2D eigenvalue weighted by molar-refractivity contribution is -0.366. The molecule has 1 nitrogen and oxygen atoms in total. The third-order valence-electron chi connectivity index (χ3n) is 1.75. The minimum Gasteiger partial charge on any atom is -0.357 e. The lowest BCUT2D eigenvalue weighted by Gasteiger charge is -2.06. The zero-order valence-electron chi connectivity index (χ0n) is 7.06. The van der Waals surface area contributed by atoms with Crippen molar-refractivity contribution in [3.05, 3.63) is 35.4 Å². The van der Waals surface area contributed by atoms with Crippen LogP contribution in [0.3, 0.4) is 0 Å². The molecule has 0 unspecified atom stereocenters. The lowest BCUT2D eigenvalue weighted by atomic mass is 10.1. The van der Waals surface area contributed by atoms with Crippen molar-refractivity contribution in [3.63, 3.8) is 0 Å². The average Bonchev–Trinajstić information content (AvgIpc) is 2.04. The van der Waals surface area contributed by atoms with E-state index >= 15 is 0 Å². The Bertz CT molecular complexity index is 263. The predicted octanol–water partition coefficient (Wildman–Crippen LogP) is 1.49. The second-order valence-electron chi connectivity index (χ2n) is 2.80. The van der Waals surface area contributed by atoms with E-state index in [0.717, 1.165) is 24.1 Å². The molecular formula is C9H11F3N+. The number of quaternary nitrogens is 1. The Morgan fingerprint density at radius 1 is 1.08 bits per heavy atom. The van der Waals surface area contributed by atoms with E-state index in [1.807, 2.05) is 0 Å². The Morgan fingerprint density at radius 3 is 2.00 bits per heavy atom. The van der Waals surface area contributed by atoms with Gasteiger partial charge in [0.05, 0.1) is 12.1 Å². The van der Waals surface area contributed by atoms with Crippen molar-refractivity contribution in [2.75, 3.05) is 6.54 Å². The molecule has 0 aliphatic heterocycles. The number of hydrogen-bond donors (Lipinski definition) is 1. The summed E-state index contributed by atoms with van der Waals surface area (Å²) in [5.41, 5.74) is 3.92. The zero-order valence-corrected chi connectivity index (χ0v) is 7.06. The molecule has 0 aliphatic rings. The number of halogens is 3. The van der Waals surface area contributed by atoms with Gasteiger partial charge >= 0.3 is 6.18 Å². The molecule has 0 radical (unpaired) electrons. The van der Waals surface area contributed by atoms with Gasteiger partial charge in [0, 0.05) is 6.42 Å². The summed E-state index contributed by atoms with van der Waals surface area (Å²) in [5, 5.41) is 0. The van der Waals surface area contributed by atoms with Crippen molar-refractivity contribution in [1.29, 1.82) is 0 Å². The summed E-state index contributed by atoms with van der Waals surface area (Å²) in [5.74, 6) is 0. The first-order valence-corrected chi connectivity index (χ1v) is 3.99. The third-order valence-corrected chi connectivity index (χ3v) is 1.75. The van der Waals surface area contributed by atoms with Crippen LogP contribution in [0.4, 0.5) is 13.2 Å². The van der Waals surface area contributed by atoms with Crippen LogP contribution in [0.2, 0.25) is 0 Å². The molecule has 0 spiro atoms. The molecule has 0 aromatic heterocycles. The fourth-order valence-corrected chi connectivity index (χ4v) is 1.06. The molecule has 0 saturated heterocycles. The quantitative estimate of drug-likeness (QED) is 0.731. The van der Waals surface area contributed by atoms with E-state index in [1.54, 1.807) is 0 Å². The normalized spacial score (nSPS) is 11.7. The van der Waals surface area contributed by atoms with Crippen molar-refractivity contribution in [3.8, 4) is 0 Å². The van der Waals surface area contributed by atoms with Crippen LogP contribution in [0.25, 0.3) is 0 Å². The average molecular weight is 190 g/mol. The first-order chi connectivity index (χ1) is 6.04. The molecule has 72 valence electrons. The van der Waals surface area contributed by atoms with Crippen molar-refractivity contribution < 1.29 is 18.9 Å². The van der Waals surface area contributed by atoms with Gasteiger partial charge < -0.3 is 5.73 Å². The van der Waals surface area contributed by atoms with Gasteiger partial charge in [-0.2, -0.15) is 13.2 Å². The molecule has 1 aromatic rings. The van der Waals surface area contributed by atoms with Crippen molar-refractivity contribution in [1.82, 2.24) is 0 Å². The number of rotatable bonds is 2. The highest BCUT2D eigenvalue weighted by molar-refractivity contribution is 5.24. The van der Waals surface area contributed by atoms with Crippen LogP contribution >= 0.6 is 0 Å². The highest BCUT2D eigenvalue weighted by Crippen LogP contribution is 2.28. The van der Waals surface area contributed by atoms with Gasteiger partial charge in [0.1, 0.15) is 0 Å². The SMILES string of the molecule is [NH3+]CCc1ccc(C(F)(F)F)cc1. The highest BCUT2D eigenvalue weighted by atomic mass is 19.4. The van der Waals surface area contributed by atoms with E-state index in [0.29, 0.717) is 6.54 Å². The van der Waals surface area contributed by atoms with E-state index in [-0.39, 0.29) is 0 Å². The summed E-state index contributed by atoms with van der Waals surface area (Å²) in [4.78, 5) is 0. The van der Waals surface area contributed by atoms with Gasteiger partial charge in [-0.3, -0.25) is 0 Å². The summed E-state index contributed by atoms with van der Waals surface area (Å²) in [6.07, 6.45) is -3.51. The van der Waals surface area contributed by atoms with Gasteiger partial charge in [0.15, 0.2) is 0 Å². The van der Waals surface area contributed by atoms with Gasteiger partial charge in [-0.15, -0.1) is 0 Å². The number of hydrogen-bond acceptors (Lipinski definition) is 0. The predicted molar refractivity (Wildman–Crippen MR) is 42.9 cm³/mol. The standard InChI is InChI=1S/C9H10F3N/c10-9(11,12)8-3-1-7(2-4-8)5-6-13/h1-4H,5-6,13H2/p+1. The third kappa shape index (κ3) is 2.73. The monoisotopic (exact) mass is 190 g/mol. The maximum absolute atomic E-state index is 12.1. The van der Waals surface area contributed by atoms with E-state index in [9.17, 15) is 13.2 Å². The van der Waals surface area contributed by atoms with Gasteiger partial charge in [0.2, 0.25) is 0 Å². The molecule has 1 rings (SSSR count). The molecule has 4 heteroatoms. The van der Waals surface area contributed by atoms with Crippen molar-refractivity contribution in [2.24, 2.45) is 0 Å². The molecule has 0 aliphatic carbocycles. The van der Waals surface area contributed by atoms with E-state index in [1.165, 1.54) is 12.1 Å². The minimum atomic E-state index is -4.23. The molecule has 0 heterocycles. The number of benzene rings is 1. The first kappa shape index (κ1) is 10.1. The van der Waals surface area contributed by atoms with E-state index in [4.69, 9.17) is 0 Å². The summed E-state index contributed by atoms with van der Waals surface area (Å²) in [7, 11) is 0. The number of alkyl halides is 3. The largest absolute Gasteiger partial charge is 0.416 e. The Morgan fingerprint density at radius 2 is 1.62 bits per heavy atom. The fourth-order valence-electron chi connectivity index (χ4n) is 1.06. The molecule has 0 bridgehead atoms. The van der Waals surface area contributed by atoms with Crippen molar-refractivity contribution >= 4 is 0 Å². The van der Waals surface area contributed by atoms with Crippen LogP contribution in [0.15, 0.2) is 24.3 Å². The highest BCUT2D eigenvalue weighted by Gasteiger charge is 2.29. The Kier molecular flexibility index (Phi) is 2.93. The fraction of sp³-hybridized carbons (Fsp3) is 0.333. The maximum atomic E-state index is 12.1. The van der Waals surface area contributed by atoms with Crippen LogP contribution in [-0.4, -0.2) is 6.54 Å². The molecule has 0 amide bonds. The van der Waals surface area contributed by atoms with Gasteiger partial charge in [-0.05, 0) is 17.7 Å². The molecule has 0 atom stereocenters. The Labute approximate surface area is 74.4 Å². The molecule has 0 saturated carbocycles. The zero-order chi connectivity index (χ0) is 9.90. The molecular weight excluding hydrogens is 179 g/mol. The summed E-state index contributed by atoms with van der Waals surface area (Å²) in [6.45, 7) is 0.700.